The molecule has 0 aliphatic carbocycles. The van der Waals surface area contributed by atoms with Crippen LogP contribution in [0.15, 0.2) is 53.4 Å². The van der Waals surface area contributed by atoms with Crippen LogP contribution in [0.3, 0.4) is 0 Å². The van der Waals surface area contributed by atoms with Gasteiger partial charge >= 0.3 is 0 Å². The molecule has 0 spiro atoms. The Bertz CT molecular complexity index is 705. The Morgan fingerprint density at radius 3 is 2.57 bits per heavy atom. The fourth-order valence-electron chi connectivity index (χ4n) is 2.83. The summed E-state index contributed by atoms with van der Waals surface area (Å²) >= 11 is 7.44. The number of fused-ring (bicyclic) bond motifs is 1. The fourth-order valence-corrected chi connectivity index (χ4v) is 6.35. The Kier molecular flexibility index (Phi) is 5.44. The molecule has 0 saturated heterocycles. The molecule has 1 aliphatic heterocycles. The van der Waals surface area contributed by atoms with Gasteiger partial charge in [-0.2, -0.15) is 0 Å². The van der Waals surface area contributed by atoms with Crippen LogP contribution in [-0.4, -0.2) is 32.0 Å². The van der Waals surface area contributed by atoms with Crippen molar-refractivity contribution in [1.82, 2.24) is 0 Å². The van der Waals surface area contributed by atoms with E-state index in [4.69, 9.17) is 16.7 Å². The molecule has 0 saturated carbocycles. The second kappa shape index (κ2) is 7.36. The third kappa shape index (κ3) is 3.35. The number of thioether (sulfide) groups is 1. The topological polar surface area (TPSA) is 57.5 Å². The Hall–Kier alpha value is -0.850. The molecule has 23 heavy (non-hydrogen) atoms. The molecule has 3 nitrogen and oxygen atoms in total. The maximum Gasteiger partial charge on any atom is 0.0951 e. The highest BCUT2D eigenvalue weighted by atomic mass is 35.5. The highest BCUT2D eigenvalue weighted by Gasteiger charge is 2.43. The average Bonchev–Trinajstić information content (AvgIpc) is 2.85. The van der Waals surface area contributed by atoms with Gasteiger partial charge in [-0.1, -0.05) is 41.9 Å². The first-order chi connectivity index (χ1) is 11.1. The van der Waals surface area contributed by atoms with E-state index in [1.165, 1.54) is 11.8 Å². The van der Waals surface area contributed by atoms with Crippen molar-refractivity contribution in [2.45, 2.75) is 21.5 Å². The van der Waals surface area contributed by atoms with E-state index in [1.807, 2.05) is 24.3 Å². The molecule has 0 fully saturated rings. The van der Waals surface area contributed by atoms with Gasteiger partial charge in [-0.05, 0) is 29.3 Å². The zero-order chi connectivity index (χ0) is 16.4. The van der Waals surface area contributed by atoms with Crippen LogP contribution in [0.2, 0.25) is 5.02 Å². The van der Waals surface area contributed by atoms with Crippen molar-refractivity contribution < 1.29 is 14.4 Å². The van der Waals surface area contributed by atoms with Crippen LogP contribution in [0.5, 0.6) is 0 Å². The summed E-state index contributed by atoms with van der Waals surface area (Å²) in [6.07, 6.45) is -0.850. The molecular formula is C17H17ClO3S2. The number of hydrogen-bond acceptors (Lipinski definition) is 4. The predicted molar refractivity (Wildman–Crippen MR) is 95.3 cm³/mol. The van der Waals surface area contributed by atoms with Gasteiger partial charge in [0.2, 0.25) is 0 Å². The minimum Gasteiger partial charge on any atom is -0.396 e. The summed E-state index contributed by atoms with van der Waals surface area (Å²) in [6, 6.07) is 14.6. The number of hydrogen-bond donors (Lipinski definition) is 2. The summed E-state index contributed by atoms with van der Waals surface area (Å²) in [7, 11) is -1.29. The van der Waals surface area contributed by atoms with E-state index in [1.54, 1.807) is 24.3 Å². The van der Waals surface area contributed by atoms with Gasteiger partial charge in [0.05, 0.1) is 28.8 Å². The molecule has 2 N–H and O–H groups in total. The lowest BCUT2D eigenvalue weighted by atomic mass is 10.0. The van der Waals surface area contributed by atoms with Gasteiger partial charge < -0.3 is 10.2 Å². The SMILES string of the molecule is O=S1c2ccccc2C(SCCO)C1C(O)c1ccc(Cl)cc1. The lowest BCUT2D eigenvalue weighted by molar-refractivity contribution is 0.172. The normalized spacial score (nSPS) is 24.4. The van der Waals surface area contributed by atoms with Crippen LogP contribution < -0.4 is 0 Å². The number of aliphatic hydroxyl groups is 2. The number of aliphatic hydroxyl groups excluding tert-OH is 2. The minimum absolute atomic E-state index is 0.0553. The third-order valence-electron chi connectivity index (χ3n) is 3.90. The first kappa shape index (κ1) is 17.0. The number of rotatable bonds is 5. The van der Waals surface area contributed by atoms with Gasteiger partial charge in [0.15, 0.2) is 0 Å². The molecule has 1 aliphatic rings. The lowest BCUT2D eigenvalue weighted by Gasteiger charge is -2.24. The molecule has 4 unspecified atom stereocenters. The molecule has 0 aromatic heterocycles. The fraction of sp³-hybridized carbons (Fsp3) is 0.294. The van der Waals surface area contributed by atoms with Crippen LogP contribution in [-0.2, 0) is 10.8 Å². The molecule has 4 atom stereocenters. The Morgan fingerprint density at radius 1 is 1.17 bits per heavy atom. The Morgan fingerprint density at radius 2 is 1.87 bits per heavy atom. The summed E-state index contributed by atoms with van der Waals surface area (Å²) in [5, 5.41) is 20.0. The van der Waals surface area contributed by atoms with Gasteiger partial charge in [0.25, 0.3) is 0 Å². The van der Waals surface area contributed by atoms with Crippen LogP contribution in [0.4, 0.5) is 0 Å². The maximum absolute atomic E-state index is 12.9. The average molecular weight is 369 g/mol. The highest BCUT2D eigenvalue weighted by molar-refractivity contribution is 8.00. The van der Waals surface area contributed by atoms with Crippen molar-refractivity contribution in [3.8, 4) is 0 Å². The van der Waals surface area contributed by atoms with Gasteiger partial charge in [-0.3, -0.25) is 4.21 Å². The van der Waals surface area contributed by atoms with E-state index in [0.717, 1.165) is 10.5 Å². The number of halogens is 1. The minimum atomic E-state index is -1.29. The summed E-state index contributed by atoms with van der Waals surface area (Å²) in [4.78, 5) is 0.779. The smallest absolute Gasteiger partial charge is 0.0951 e. The molecule has 0 amide bonds. The Balaban J connectivity index is 1.96. The summed E-state index contributed by atoms with van der Waals surface area (Å²) in [5.41, 5.74) is 1.69. The second-order valence-corrected chi connectivity index (χ2v) is 8.58. The van der Waals surface area contributed by atoms with Crippen LogP contribution >= 0.6 is 23.4 Å². The maximum atomic E-state index is 12.9. The number of benzene rings is 2. The van der Waals surface area contributed by atoms with E-state index in [9.17, 15) is 9.32 Å². The third-order valence-corrected chi connectivity index (χ3v) is 7.48. The zero-order valence-electron chi connectivity index (χ0n) is 12.3. The quantitative estimate of drug-likeness (QED) is 0.849. The zero-order valence-corrected chi connectivity index (χ0v) is 14.7. The van der Waals surface area contributed by atoms with Gasteiger partial charge in [0.1, 0.15) is 0 Å². The molecule has 2 aromatic carbocycles. The van der Waals surface area contributed by atoms with Crippen molar-refractivity contribution in [3.05, 3.63) is 64.7 Å². The van der Waals surface area contributed by atoms with Gasteiger partial charge in [0, 0.05) is 20.9 Å². The molecule has 122 valence electrons. The predicted octanol–water partition coefficient (Wildman–Crippen LogP) is 3.33. The molecule has 0 bridgehead atoms. The van der Waals surface area contributed by atoms with Gasteiger partial charge in [-0.25, -0.2) is 0 Å². The first-order valence-electron chi connectivity index (χ1n) is 7.29. The molecule has 6 heteroatoms. The van der Waals surface area contributed by atoms with Crippen molar-refractivity contribution in [3.63, 3.8) is 0 Å². The van der Waals surface area contributed by atoms with Crippen molar-refractivity contribution in [2.24, 2.45) is 0 Å². The molecular weight excluding hydrogens is 352 g/mol. The monoisotopic (exact) mass is 368 g/mol. The van der Waals surface area contributed by atoms with Crippen LogP contribution in [0.1, 0.15) is 22.5 Å². The molecule has 3 rings (SSSR count). The largest absolute Gasteiger partial charge is 0.396 e. The lowest BCUT2D eigenvalue weighted by Crippen LogP contribution is -2.24. The van der Waals surface area contributed by atoms with Crippen LogP contribution in [0, 0.1) is 0 Å². The van der Waals surface area contributed by atoms with E-state index >= 15 is 0 Å². The van der Waals surface area contributed by atoms with E-state index in [0.29, 0.717) is 16.3 Å². The Labute approximate surface area is 147 Å². The summed E-state index contributed by atoms with van der Waals surface area (Å²) < 4.78 is 12.9. The second-order valence-electron chi connectivity index (χ2n) is 5.31. The molecule has 1 heterocycles. The summed E-state index contributed by atoms with van der Waals surface area (Å²) in [6.45, 7) is 0.0553. The van der Waals surface area contributed by atoms with E-state index < -0.39 is 22.2 Å². The van der Waals surface area contributed by atoms with Crippen molar-refractivity contribution in [2.75, 3.05) is 12.4 Å². The van der Waals surface area contributed by atoms with Gasteiger partial charge in [-0.15, -0.1) is 11.8 Å². The first-order valence-corrected chi connectivity index (χ1v) is 9.93. The van der Waals surface area contributed by atoms with Crippen molar-refractivity contribution >= 4 is 34.2 Å². The summed E-state index contributed by atoms with van der Waals surface area (Å²) in [5.74, 6) is 0.542. The molecule has 0 radical (unpaired) electrons. The van der Waals surface area contributed by atoms with E-state index in [2.05, 4.69) is 0 Å². The van der Waals surface area contributed by atoms with Crippen LogP contribution in [0.25, 0.3) is 0 Å². The highest BCUT2D eigenvalue weighted by Crippen LogP contribution is 2.49. The molecule has 2 aromatic rings. The van der Waals surface area contributed by atoms with Crippen molar-refractivity contribution in [1.29, 1.82) is 0 Å². The van der Waals surface area contributed by atoms with E-state index in [-0.39, 0.29) is 11.9 Å². The standard InChI is InChI=1S/C17H17ClO3S2/c18-12-7-5-11(6-8-12)15(20)17-16(22-10-9-19)13-3-1-2-4-14(13)23(17)21/h1-8,15-17,19-20H,9-10H2.